The second kappa shape index (κ2) is 7.40. The molecule has 2 amide bonds. The van der Waals surface area contributed by atoms with E-state index in [4.69, 9.17) is 4.74 Å². The van der Waals surface area contributed by atoms with Crippen LogP contribution >= 0.6 is 0 Å². The summed E-state index contributed by atoms with van der Waals surface area (Å²) in [5.74, 6) is -0.462. The highest BCUT2D eigenvalue weighted by Gasteiger charge is 2.36. The van der Waals surface area contributed by atoms with Gasteiger partial charge >= 0.3 is 0 Å². The van der Waals surface area contributed by atoms with Crippen LogP contribution in [0.1, 0.15) is 30.6 Å². The predicted octanol–water partition coefficient (Wildman–Crippen LogP) is 2.79. The summed E-state index contributed by atoms with van der Waals surface area (Å²) in [6, 6.07) is 13.0. The van der Waals surface area contributed by atoms with Gasteiger partial charge in [0.25, 0.3) is 5.91 Å². The lowest BCUT2D eigenvalue weighted by Crippen LogP contribution is -2.29. The second-order valence-corrected chi connectivity index (χ2v) is 8.33. The van der Waals surface area contributed by atoms with Gasteiger partial charge in [-0.25, -0.2) is 12.7 Å². The molecule has 1 aliphatic heterocycles. The third-order valence-corrected chi connectivity index (χ3v) is 5.63. The minimum atomic E-state index is -3.62. The number of carbonyl (C=O) groups is 2. The van der Waals surface area contributed by atoms with E-state index in [0.29, 0.717) is 17.0 Å². The van der Waals surface area contributed by atoms with Crippen LogP contribution in [0.15, 0.2) is 48.5 Å². The molecule has 142 valence electrons. The Morgan fingerprint density at radius 1 is 1.11 bits per heavy atom. The van der Waals surface area contributed by atoms with Crippen LogP contribution in [0.5, 0.6) is 5.75 Å². The minimum absolute atomic E-state index is 0.0305. The fourth-order valence-corrected chi connectivity index (χ4v) is 4.20. The number of hydrogen-bond acceptors (Lipinski definition) is 5. The molecule has 3 rings (SSSR count). The van der Waals surface area contributed by atoms with Gasteiger partial charge in [0.15, 0.2) is 0 Å². The summed E-state index contributed by atoms with van der Waals surface area (Å²) >= 11 is 0. The summed E-state index contributed by atoms with van der Waals surface area (Å²) in [5, 5.41) is 2.78. The summed E-state index contributed by atoms with van der Waals surface area (Å²) in [6.45, 7) is 3.79. The lowest BCUT2D eigenvalue weighted by atomic mass is 10.2. The van der Waals surface area contributed by atoms with Crippen LogP contribution in [-0.2, 0) is 14.8 Å². The zero-order valence-electron chi connectivity index (χ0n) is 15.0. The Bertz CT molecular complexity index is 968. The molecule has 2 aromatic carbocycles. The zero-order chi connectivity index (χ0) is 19.6. The first kappa shape index (κ1) is 18.9. The van der Waals surface area contributed by atoms with E-state index in [2.05, 4.69) is 5.32 Å². The largest absolute Gasteiger partial charge is 0.489 e. The summed E-state index contributed by atoms with van der Waals surface area (Å²) in [6.07, 6.45) is -0.0701. The number of ether oxygens (including phenoxy) is 1. The van der Waals surface area contributed by atoms with Crippen molar-refractivity contribution in [2.45, 2.75) is 26.4 Å². The van der Waals surface area contributed by atoms with Crippen LogP contribution < -0.4 is 14.4 Å². The van der Waals surface area contributed by atoms with Gasteiger partial charge in [0.1, 0.15) is 5.75 Å². The molecule has 1 aliphatic rings. The summed E-state index contributed by atoms with van der Waals surface area (Å²) in [4.78, 5) is 24.3. The average molecular weight is 388 g/mol. The highest BCUT2D eigenvalue weighted by atomic mass is 32.2. The first-order valence-electron chi connectivity index (χ1n) is 8.51. The summed E-state index contributed by atoms with van der Waals surface area (Å²) in [7, 11) is -3.62. The first-order chi connectivity index (χ1) is 12.8. The maximum absolute atomic E-state index is 12.5. The minimum Gasteiger partial charge on any atom is -0.489 e. The van der Waals surface area contributed by atoms with Gasteiger partial charge in [-0.05, 0) is 50.2 Å². The van der Waals surface area contributed by atoms with Gasteiger partial charge in [-0.3, -0.25) is 9.59 Å². The number of sulfonamides is 1. The molecule has 0 atom stereocenters. The Labute approximate surface area is 158 Å². The monoisotopic (exact) mass is 388 g/mol. The number of nitrogens with zero attached hydrogens (tertiary/aromatic N) is 1. The normalized spacial score (nSPS) is 15.8. The molecule has 8 heteroatoms. The van der Waals surface area contributed by atoms with E-state index in [9.17, 15) is 18.0 Å². The van der Waals surface area contributed by atoms with Crippen LogP contribution in [-0.4, -0.2) is 32.1 Å². The number of hydrogen-bond donors (Lipinski definition) is 1. The molecule has 27 heavy (non-hydrogen) atoms. The third-order valence-electron chi connectivity index (χ3n) is 3.94. The smallest absolute Gasteiger partial charge is 0.255 e. The van der Waals surface area contributed by atoms with Crippen molar-refractivity contribution in [2.24, 2.45) is 0 Å². The average Bonchev–Trinajstić information content (AvgIpc) is 2.89. The van der Waals surface area contributed by atoms with Crippen molar-refractivity contribution in [2.75, 3.05) is 15.4 Å². The van der Waals surface area contributed by atoms with Crippen molar-refractivity contribution in [3.8, 4) is 5.75 Å². The van der Waals surface area contributed by atoms with Crippen molar-refractivity contribution in [3.63, 3.8) is 0 Å². The van der Waals surface area contributed by atoms with Gasteiger partial charge in [-0.15, -0.1) is 0 Å². The van der Waals surface area contributed by atoms with E-state index >= 15 is 0 Å². The highest BCUT2D eigenvalue weighted by Crippen LogP contribution is 2.27. The van der Waals surface area contributed by atoms with Crippen molar-refractivity contribution in [1.29, 1.82) is 0 Å². The number of para-hydroxylation sites is 2. The summed E-state index contributed by atoms with van der Waals surface area (Å²) < 4.78 is 30.4. The van der Waals surface area contributed by atoms with Gasteiger partial charge in [0.05, 0.1) is 23.2 Å². The molecule has 7 nitrogen and oxygen atoms in total. The van der Waals surface area contributed by atoms with Crippen molar-refractivity contribution < 1.29 is 22.7 Å². The van der Waals surface area contributed by atoms with Gasteiger partial charge in [0, 0.05) is 12.0 Å². The standard InChI is InChI=1S/C19H20N2O5S/c1-13(2)26-17-6-4-3-5-16(17)20-19(23)14-7-9-15(10-8-14)21-18(22)11-12-27(21,24)25/h3-10,13H,11-12H2,1-2H3,(H,20,23). The molecular formula is C19H20N2O5S. The maximum atomic E-state index is 12.5. The number of rotatable bonds is 5. The van der Waals surface area contributed by atoms with E-state index < -0.39 is 15.9 Å². The fraction of sp³-hybridized carbons (Fsp3) is 0.263. The topological polar surface area (TPSA) is 92.8 Å². The molecule has 0 unspecified atom stereocenters. The van der Waals surface area contributed by atoms with Gasteiger partial charge < -0.3 is 10.1 Å². The molecule has 0 spiro atoms. The van der Waals surface area contributed by atoms with Crippen LogP contribution in [0.25, 0.3) is 0 Å². The lowest BCUT2D eigenvalue weighted by Gasteiger charge is -2.16. The van der Waals surface area contributed by atoms with Crippen molar-refractivity contribution >= 4 is 33.2 Å². The molecule has 1 fully saturated rings. The Hall–Kier alpha value is -2.87. The molecule has 1 saturated heterocycles. The van der Waals surface area contributed by atoms with Gasteiger partial charge in [-0.1, -0.05) is 12.1 Å². The quantitative estimate of drug-likeness (QED) is 0.850. The van der Waals surface area contributed by atoms with Crippen molar-refractivity contribution in [3.05, 3.63) is 54.1 Å². The molecule has 0 bridgehead atoms. The molecule has 0 aromatic heterocycles. The Morgan fingerprint density at radius 2 is 1.78 bits per heavy atom. The third kappa shape index (κ3) is 4.11. The van der Waals surface area contributed by atoms with Crippen LogP contribution in [0.4, 0.5) is 11.4 Å². The highest BCUT2D eigenvalue weighted by molar-refractivity contribution is 7.94. The second-order valence-electron chi connectivity index (χ2n) is 6.39. The first-order valence-corrected chi connectivity index (χ1v) is 10.1. The SMILES string of the molecule is CC(C)Oc1ccccc1NC(=O)c1ccc(N2C(=O)CCS2(=O)=O)cc1. The number of nitrogens with one attached hydrogen (secondary N) is 1. The Balaban J connectivity index is 1.78. The number of amides is 2. The van der Waals surface area contributed by atoms with E-state index in [-0.39, 0.29) is 29.9 Å². The van der Waals surface area contributed by atoms with E-state index in [1.54, 1.807) is 18.2 Å². The molecule has 1 heterocycles. The Morgan fingerprint density at radius 3 is 2.37 bits per heavy atom. The number of carbonyl (C=O) groups excluding carboxylic acids is 2. The zero-order valence-corrected chi connectivity index (χ0v) is 15.8. The van der Waals surface area contributed by atoms with Crippen LogP contribution in [0, 0.1) is 0 Å². The fourth-order valence-electron chi connectivity index (χ4n) is 2.74. The van der Waals surface area contributed by atoms with Gasteiger partial charge in [0.2, 0.25) is 15.9 Å². The summed E-state index contributed by atoms with van der Waals surface area (Å²) in [5.41, 5.74) is 1.11. The van der Waals surface area contributed by atoms with Crippen LogP contribution in [0.3, 0.4) is 0 Å². The molecule has 0 radical (unpaired) electrons. The maximum Gasteiger partial charge on any atom is 0.255 e. The van der Waals surface area contributed by atoms with Crippen molar-refractivity contribution in [1.82, 2.24) is 0 Å². The molecular weight excluding hydrogens is 368 g/mol. The molecule has 1 N–H and O–H groups in total. The van der Waals surface area contributed by atoms with E-state index in [1.165, 1.54) is 24.3 Å². The molecule has 0 aliphatic carbocycles. The van der Waals surface area contributed by atoms with E-state index in [0.717, 1.165) is 4.31 Å². The number of anilines is 2. The molecule has 0 saturated carbocycles. The molecule has 2 aromatic rings. The van der Waals surface area contributed by atoms with E-state index in [1.807, 2.05) is 19.9 Å². The number of benzene rings is 2. The Kier molecular flexibility index (Phi) is 5.18. The lowest BCUT2D eigenvalue weighted by molar-refractivity contribution is -0.116. The van der Waals surface area contributed by atoms with Crippen LogP contribution in [0.2, 0.25) is 0 Å². The predicted molar refractivity (Wildman–Crippen MR) is 102 cm³/mol. The van der Waals surface area contributed by atoms with Gasteiger partial charge in [-0.2, -0.15) is 0 Å².